The Bertz CT molecular complexity index is 1200. The summed E-state index contributed by atoms with van der Waals surface area (Å²) in [6, 6.07) is 21.7. The van der Waals surface area contributed by atoms with Crippen molar-refractivity contribution in [1.82, 2.24) is 10.2 Å². The summed E-state index contributed by atoms with van der Waals surface area (Å²) in [5.74, 6) is 0.309. The molecule has 7 heteroatoms. The molecule has 1 N–H and O–H groups in total. The number of para-hydroxylation sites is 1. The van der Waals surface area contributed by atoms with Crippen molar-refractivity contribution in [3.8, 4) is 5.75 Å². The Balaban J connectivity index is 1.98. The minimum absolute atomic E-state index is 0.0456. The van der Waals surface area contributed by atoms with Gasteiger partial charge in [-0.2, -0.15) is 0 Å². The molecule has 0 bridgehead atoms. The Morgan fingerprint density at radius 1 is 0.895 bits per heavy atom. The predicted octanol–water partition coefficient (Wildman–Crippen LogP) is 7.05. The van der Waals surface area contributed by atoms with E-state index in [-0.39, 0.29) is 36.9 Å². The van der Waals surface area contributed by atoms with Gasteiger partial charge in [0.25, 0.3) is 5.91 Å². The maximum atomic E-state index is 13.9. The highest BCUT2D eigenvalue weighted by Crippen LogP contribution is 2.28. The van der Waals surface area contributed by atoms with Gasteiger partial charge in [-0.25, -0.2) is 0 Å². The van der Waals surface area contributed by atoms with Gasteiger partial charge < -0.3 is 15.0 Å². The summed E-state index contributed by atoms with van der Waals surface area (Å²) in [6.07, 6.45) is 1.10. The molecule has 38 heavy (non-hydrogen) atoms. The molecule has 3 aromatic rings. The number of rotatable bonds is 12. The maximum Gasteiger partial charge on any atom is 0.261 e. The predicted molar refractivity (Wildman–Crippen MR) is 155 cm³/mol. The summed E-state index contributed by atoms with van der Waals surface area (Å²) < 4.78 is 6.03. The first kappa shape index (κ1) is 29.5. The number of hydrogen-bond donors (Lipinski definition) is 1. The second kappa shape index (κ2) is 14.2. The van der Waals surface area contributed by atoms with Crippen molar-refractivity contribution in [1.29, 1.82) is 0 Å². The summed E-state index contributed by atoms with van der Waals surface area (Å²) in [5.41, 5.74) is 2.53. The van der Waals surface area contributed by atoms with Crippen LogP contribution in [0.25, 0.3) is 0 Å². The molecule has 5 nitrogen and oxygen atoms in total. The number of ether oxygens (including phenoxy) is 1. The first-order valence-electron chi connectivity index (χ1n) is 13.0. The van der Waals surface area contributed by atoms with Crippen molar-refractivity contribution in [2.75, 3.05) is 6.61 Å². The van der Waals surface area contributed by atoms with E-state index in [2.05, 4.69) is 19.2 Å². The van der Waals surface area contributed by atoms with Crippen LogP contribution in [0.5, 0.6) is 5.75 Å². The number of amides is 2. The van der Waals surface area contributed by atoms with E-state index in [1.54, 1.807) is 18.2 Å². The molecule has 3 aromatic carbocycles. The van der Waals surface area contributed by atoms with Gasteiger partial charge in [0.1, 0.15) is 11.8 Å². The van der Waals surface area contributed by atoms with Crippen LogP contribution in [0.1, 0.15) is 56.7 Å². The average molecular weight is 556 g/mol. The van der Waals surface area contributed by atoms with Crippen LogP contribution >= 0.6 is 23.2 Å². The number of carbonyl (C=O) groups is 2. The fraction of sp³-hybridized carbons (Fsp3) is 0.355. The average Bonchev–Trinajstić information content (AvgIpc) is 2.91. The molecule has 0 aliphatic heterocycles. The van der Waals surface area contributed by atoms with E-state index in [4.69, 9.17) is 27.9 Å². The largest absolute Gasteiger partial charge is 0.483 e. The van der Waals surface area contributed by atoms with E-state index in [0.29, 0.717) is 27.8 Å². The Morgan fingerprint density at radius 2 is 1.53 bits per heavy atom. The number of benzene rings is 3. The molecule has 0 radical (unpaired) electrons. The van der Waals surface area contributed by atoms with Crippen LogP contribution in [0.15, 0.2) is 72.8 Å². The summed E-state index contributed by atoms with van der Waals surface area (Å²) in [5, 5.41) is 3.92. The first-order valence-corrected chi connectivity index (χ1v) is 13.7. The third-order valence-electron chi connectivity index (χ3n) is 6.55. The second-order valence-electron chi connectivity index (χ2n) is 9.73. The number of hydrogen-bond acceptors (Lipinski definition) is 3. The van der Waals surface area contributed by atoms with E-state index in [1.165, 1.54) is 4.90 Å². The van der Waals surface area contributed by atoms with Crippen molar-refractivity contribution in [3.05, 3.63) is 99.5 Å². The smallest absolute Gasteiger partial charge is 0.261 e. The molecule has 0 saturated heterocycles. The molecule has 0 aromatic heterocycles. The molecule has 0 spiro atoms. The van der Waals surface area contributed by atoms with Crippen molar-refractivity contribution in [2.24, 2.45) is 0 Å². The third-order valence-corrected chi connectivity index (χ3v) is 7.26. The van der Waals surface area contributed by atoms with Gasteiger partial charge in [0, 0.05) is 34.6 Å². The fourth-order valence-corrected chi connectivity index (χ4v) is 4.68. The SMILES string of the molecule is CC[C@H](C)NC(=O)[C@H](Cc1ccccc1)N(Cc1c(Cl)cccc1Cl)C(=O)COc1ccccc1C(C)C. The topological polar surface area (TPSA) is 58.6 Å². The monoisotopic (exact) mass is 554 g/mol. The molecule has 0 heterocycles. The molecule has 202 valence electrons. The lowest BCUT2D eigenvalue weighted by atomic mass is 10.0. The van der Waals surface area contributed by atoms with Crippen LogP contribution in [-0.4, -0.2) is 35.4 Å². The third kappa shape index (κ3) is 7.99. The zero-order chi connectivity index (χ0) is 27.7. The van der Waals surface area contributed by atoms with Crippen LogP contribution in [0.2, 0.25) is 10.0 Å². The molecule has 0 saturated carbocycles. The van der Waals surface area contributed by atoms with Gasteiger partial charge in [0.2, 0.25) is 5.91 Å². The quantitative estimate of drug-likeness (QED) is 0.261. The molecule has 0 unspecified atom stereocenters. The highest BCUT2D eigenvalue weighted by molar-refractivity contribution is 6.36. The van der Waals surface area contributed by atoms with Crippen molar-refractivity contribution < 1.29 is 14.3 Å². The van der Waals surface area contributed by atoms with Crippen LogP contribution in [-0.2, 0) is 22.6 Å². The molecule has 2 amide bonds. The molecule has 0 aliphatic rings. The van der Waals surface area contributed by atoms with E-state index in [0.717, 1.165) is 17.5 Å². The Labute approximate surface area is 236 Å². The zero-order valence-electron chi connectivity index (χ0n) is 22.4. The lowest BCUT2D eigenvalue weighted by Gasteiger charge is -2.32. The lowest BCUT2D eigenvalue weighted by molar-refractivity contribution is -0.143. The van der Waals surface area contributed by atoms with Crippen LogP contribution in [0.4, 0.5) is 0 Å². The molecule has 2 atom stereocenters. The number of carbonyl (C=O) groups excluding carboxylic acids is 2. The Kier molecular flexibility index (Phi) is 11.1. The van der Waals surface area contributed by atoms with Crippen LogP contribution in [0.3, 0.4) is 0 Å². The number of nitrogens with one attached hydrogen (secondary N) is 1. The summed E-state index contributed by atoms with van der Waals surface area (Å²) >= 11 is 13.0. The van der Waals surface area contributed by atoms with Gasteiger partial charge in [-0.3, -0.25) is 9.59 Å². The van der Waals surface area contributed by atoms with Gasteiger partial charge in [-0.05, 0) is 48.6 Å². The van der Waals surface area contributed by atoms with Gasteiger partial charge in [-0.1, -0.05) is 98.6 Å². The summed E-state index contributed by atoms with van der Waals surface area (Å²) in [6.45, 7) is 7.94. The molecular formula is C31H36Cl2N2O3. The minimum Gasteiger partial charge on any atom is -0.483 e. The maximum absolute atomic E-state index is 13.9. The number of halogens is 2. The molecule has 0 aliphatic carbocycles. The highest BCUT2D eigenvalue weighted by Gasteiger charge is 2.32. The first-order chi connectivity index (χ1) is 18.2. The van der Waals surface area contributed by atoms with Crippen LogP contribution < -0.4 is 10.1 Å². The van der Waals surface area contributed by atoms with Crippen molar-refractivity contribution in [3.63, 3.8) is 0 Å². The van der Waals surface area contributed by atoms with Crippen molar-refractivity contribution >= 4 is 35.0 Å². The standard InChI is InChI=1S/C31H36Cl2N2O3/c1-5-22(4)34-31(37)28(18-23-12-7-6-8-13-23)35(19-25-26(32)15-11-16-27(25)33)30(36)20-38-29-17-10-9-14-24(29)21(2)3/h6-17,21-22,28H,5,18-20H2,1-4H3,(H,34,37)/t22-,28-/m0/s1. The highest BCUT2D eigenvalue weighted by atomic mass is 35.5. The van der Waals surface area contributed by atoms with Gasteiger partial charge in [-0.15, -0.1) is 0 Å². The van der Waals surface area contributed by atoms with E-state index < -0.39 is 6.04 Å². The van der Waals surface area contributed by atoms with Gasteiger partial charge >= 0.3 is 0 Å². The van der Waals surface area contributed by atoms with Crippen molar-refractivity contribution in [2.45, 2.75) is 65.1 Å². The molecular weight excluding hydrogens is 519 g/mol. The fourth-order valence-electron chi connectivity index (χ4n) is 4.16. The lowest BCUT2D eigenvalue weighted by Crippen LogP contribution is -2.53. The summed E-state index contributed by atoms with van der Waals surface area (Å²) in [4.78, 5) is 29.0. The normalized spacial score (nSPS) is 12.6. The summed E-state index contributed by atoms with van der Waals surface area (Å²) in [7, 11) is 0. The minimum atomic E-state index is -0.796. The Morgan fingerprint density at radius 3 is 2.16 bits per heavy atom. The van der Waals surface area contributed by atoms with Gasteiger partial charge in [0.05, 0.1) is 0 Å². The van der Waals surface area contributed by atoms with E-state index in [1.807, 2.05) is 68.4 Å². The molecule has 3 rings (SSSR count). The van der Waals surface area contributed by atoms with E-state index >= 15 is 0 Å². The number of nitrogens with zero attached hydrogens (tertiary/aromatic N) is 1. The van der Waals surface area contributed by atoms with Gasteiger partial charge in [0.15, 0.2) is 6.61 Å². The van der Waals surface area contributed by atoms with E-state index in [9.17, 15) is 9.59 Å². The molecule has 0 fully saturated rings. The zero-order valence-corrected chi connectivity index (χ0v) is 23.9. The second-order valence-corrected chi connectivity index (χ2v) is 10.5. The van der Waals surface area contributed by atoms with Crippen LogP contribution in [0, 0.1) is 0 Å². The Hall–Kier alpha value is -3.02.